The Kier molecular flexibility index (Phi) is 5.20. The van der Waals surface area contributed by atoms with Crippen molar-refractivity contribution >= 4 is 11.9 Å². The Morgan fingerprint density at radius 3 is 2.79 bits per heavy atom. The van der Waals surface area contributed by atoms with Gasteiger partial charge in [-0.15, -0.1) is 0 Å². The zero-order valence-corrected chi connectivity index (χ0v) is 13.7. The Balaban J connectivity index is 1.57. The van der Waals surface area contributed by atoms with Crippen LogP contribution in [0.3, 0.4) is 0 Å². The van der Waals surface area contributed by atoms with E-state index in [0.717, 1.165) is 6.42 Å². The van der Waals surface area contributed by atoms with Crippen LogP contribution >= 0.6 is 0 Å². The van der Waals surface area contributed by atoms with Gasteiger partial charge in [0.15, 0.2) is 18.1 Å². The van der Waals surface area contributed by atoms with E-state index in [2.05, 4.69) is 0 Å². The highest BCUT2D eigenvalue weighted by Crippen LogP contribution is 2.30. The van der Waals surface area contributed by atoms with Gasteiger partial charge in [0.25, 0.3) is 5.91 Å². The minimum absolute atomic E-state index is 0.000121. The maximum atomic E-state index is 12.2. The van der Waals surface area contributed by atoms with E-state index in [1.165, 1.54) is 0 Å². The average Bonchev–Trinajstić information content (AvgIpc) is 2.84. The van der Waals surface area contributed by atoms with Crippen LogP contribution in [-0.2, 0) is 14.3 Å². The molecule has 1 amide bonds. The van der Waals surface area contributed by atoms with Crippen LogP contribution in [-0.4, -0.2) is 62.4 Å². The van der Waals surface area contributed by atoms with Crippen LogP contribution < -0.4 is 9.47 Å². The Morgan fingerprint density at radius 1 is 1.21 bits per heavy atom. The molecule has 1 atom stereocenters. The van der Waals surface area contributed by atoms with Crippen molar-refractivity contribution in [2.24, 2.45) is 0 Å². The molecule has 2 heterocycles. The maximum absolute atomic E-state index is 12.2. The van der Waals surface area contributed by atoms with E-state index in [4.69, 9.17) is 18.9 Å². The Labute approximate surface area is 140 Å². The van der Waals surface area contributed by atoms with Gasteiger partial charge in [-0.3, -0.25) is 4.79 Å². The van der Waals surface area contributed by atoms with Crippen LogP contribution in [0.1, 0.15) is 23.7 Å². The van der Waals surface area contributed by atoms with E-state index in [-0.39, 0.29) is 18.6 Å². The summed E-state index contributed by atoms with van der Waals surface area (Å²) >= 11 is 0. The van der Waals surface area contributed by atoms with Gasteiger partial charge in [-0.25, -0.2) is 4.79 Å². The lowest BCUT2D eigenvalue weighted by Crippen LogP contribution is -2.46. The summed E-state index contributed by atoms with van der Waals surface area (Å²) in [5.74, 6) is 0.367. The van der Waals surface area contributed by atoms with Gasteiger partial charge >= 0.3 is 5.97 Å². The zero-order chi connectivity index (χ0) is 16.9. The third kappa shape index (κ3) is 3.97. The van der Waals surface area contributed by atoms with Crippen molar-refractivity contribution < 1.29 is 28.5 Å². The van der Waals surface area contributed by atoms with Crippen molar-refractivity contribution in [1.82, 2.24) is 4.90 Å². The first-order valence-electron chi connectivity index (χ1n) is 8.09. The molecule has 7 nitrogen and oxygen atoms in total. The number of benzene rings is 1. The van der Waals surface area contributed by atoms with Crippen LogP contribution in [0.4, 0.5) is 0 Å². The lowest BCUT2D eigenvalue weighted by atomic mass is 10.2. The van der Waals surface area contributed by atoms with Gasteiger partial charge in [0, 0.05) is 19.5 Å². The molecular weight excluding hydrogens is 314 g/mol. The van der Waals surface area contributed by atoms with E-state index in [1.807, 2.05) is 6.92 Å². The molecule has 3 rings (SSSR count). The fourth-order valence-electron chi connectivity index (χ4n) is 2.64. The van der Waals surface area contributed by atoms with Gasteiger partial charge in [-0.05, 0) is 25.1 Å². The number of hydrogen-bond acceptors (Lipinski definition) is 6. The molecule has 1 saturated heterocycles. The number of carbonyl (C=O) groups is 2. The van der Waals surface area contributed by atoms with Crippen molar-refractivity contribution in [2.45, 2.75) is 19.4 Å². The molecule has 0 bridgehead atoms. The third-order valence-electron chi connectivity index (χ3n) is 3.90. The highest BCUT2D eigenvalue weighted by Gasteiger charge is 2.23. The first-order valence-corrected chi connectivity index (χ1v) is 8.09. The highest BCUT2D eigenvalue weighted by molar-refractivity contribution is 5.92. The Hall–Kier alpha value is -2.28. The Morgan fingerprint density at radius 2 is 2.00 bits per heavy atom. The fourth-order valence-corrected chi connectivity index (χ4v) is 2.64. The molecular formula is C17H21NO6. The molecule has 0 aromatic heterocycles. The fraction of sp³-hybridized carbons (Fsp3) is 0.529. The topological polar surface area (TPSA) is 74.3 Å². The van der Waals surface area contributed by atoms with Crippen LogP contribution in [0.2, 0.25) is 0 Å². The molecule has 0 saturated carbocycles. The second-order valence-corrected chi connectivity index (χ2v) is 5.81. The van der Waals surface area contributed by atoms with Gasteiger partial charge in [-0.2, -0.15) is 0 Å². The molecule has 1 aromatic carbocycles. The summed E-state index contributed by atoms with van der Waals surface area (Å²) in [6, 6.07) is 4.88. The van der Waals surface area contributed by atoms with E-state index < -0.39 is 5.97 Å². The van der Waals surface area contributed by atoms with Crippen molar-refractivity contribution in [3.8, 4) is 11.5 Å². The van der Waals surface area contributed by atoms with Gasteiger partial charge in [0.2, 0.25) is 0 Å². The number of nitrogens with zero attached hydrogens (tertiary/aromatic N) is 1. The van der Waals surface area contributed by atoms with Crippen LogP contribution in [0, 0.1) is 0 Å². The number of amides is 1. The second-order valence-electron chi connectivity index (χ2n) is 5.81. The molecule has 2 aliphatic heterocycles. The standard InChI is InChI=1S/C17H21NO6/c1-12-10-18(5-8-21-12)16(19)11-24-17(20)13-3-4-14-15(9-13)23-7-2-6-22-14/h3-4,9,12H,2,5-8,10-11H2,1H3/t12-/m0/s1. The largest absolute Gasteiger partial charge is 0.490 e. The van der Waals surface area contributed by atoms with Gasteiger partial charge in [0.05, 0.1) is 31.5 Å². The number of morpholine rings is 1. The number of carbonyl (C=O) groups excluding carboxylic acids is 2. The second kappa shape index (κ2) is 7.53. The van der Waals surface area contributed by atoms with E-state index in [9.17, 15) is 9.59 Å². The van der Waals surface area contributed by atoms with E-state index in [0.29, 0.717) is 50.0 Å². The first kappa shape index (κ1) is 16.6. The van der Waals surface area contributed by atoms with Crippen LogP contribution in [0.5, 0.6) is 11.5 Å². The van der Waals surface area contributed by atoms with E-state index >= 15 is 0 Å². The summed E-state index contributed by atoms with van der Waals surface area (Å²) in [6.45, 7) is 4.29. The highest BCUT2D eigenvalue weighted by atomic mass is 16.5. The lowest BCUT2D eigenvalue weighted by molar-refractivity contribution is -0.141. The summed E-state index contributed by atoms with van der Waals surface area (Å²) < 4.78 is 21.6. The van der Waals surface area contributed by atoms with Crippen molar-refractivity contribution in [3.05, 3.63) is 23.8 Å². The zero-order valence-electron chi connectivity index (χ0n) is 13.7. The molecule has 1 fully saturated rings. The predicted molar refractivity (Wildman–Crippen MR) is 84.3 cm³/mol. The van der Waals surface area contributed by atoms with Crippen molar-refractivity contribution in [2.75, 3.05) is 39.5 Å². The van der Waals surface area contributed by atoms with Crippen molar-refractivity contribution in [3.63, 3.8) is 0 Å². The normalized spacial score (nSPS) is 20.2. The first-order chi connectivity index (χ1) is 11.6. The lowest BCUT2D eigenvalue weighted by Gasteiger charge is -2.30. The number of ether oxygens (including phenoxy) is 4. The van der Waals surface area contributed by atoms with Crippen LogP contribution in [0.25, 0.3) is 0 Å². The van der Waals surface area contributed by atoms with Gasteiger partial charge in [0.1, 0.15) is 0 Å². The van der Waals surface area contributed by atoms with Crippen molar-refractivity contribution in [1.29, 1.82) is 0 Å². The SMILES string of the molecule is C[C@H]1CN(C(=O)COC(=O)c2ccc3c(c2)OCCCO3)CCO1. The van der Waals surface area contributed by atoms with Gasteiger partial charge < -0.3 is 23.8 Å². The molecule has 130 valence electrons. The maximum Gasteiger partial charge on any atom is 0.338 e. The number of esters is 1. The monoisotopic (exact) mass is 335 g/mol. The third-order valence-corrected chi connectivity index (χ3v) is 3.90. The molecule has 0 aliphatic carbocycles. The molecule has 0 N–H and O–H groups in total. The molecule has 24 heavy (non-hydrogen) atoms. The molecule has 0 spiro atoms. The van der Waals surface area contributed by atoms with E-state index in [1.54, 1.807) is 23.1 Å². The minimum Gasteiger partial charge on any atom is -0.490 e. The predicted octanol–water partition coefficient (Wildman–Crippen LogP) is 1.25. The van der Waals surface area contributed by atoms with Crippen LogP contribution in [0.15, 0.2) is 18.2 Å². The number of rotatable bonds is 3. The summed E-state index contributed by atoms with van der Waals surface area (Å²) in [4.78, 5) is 25.9. The molecule has 0 unspecified atom stereocenters. The quantitative estimate of drug-likeness (QED) is 0.774. The smallest absolute Gasteiger partial charge is 0.338 e. The number of hydrogen-bond donors (Lipinski definition) is 0. The Bertz CT molecular complexity index is 617. The molecule has 7 heteroatoms. The summed E-state index contributed by atoms with van der Waals surface area (Å²) in [5.41, 5.74) is 0.336. The summed E-state index contributed by atoms with van der Waals surface area (Å²) in [7, 11) is 0. The minimum atomic E-state index is -0.555. The summed E-state index contributed by atoms with van der Waals surface area (Å²) in [5, 5.41) is 0. The average molecular weight is 335 g/mol. The summed E-state index contributed by atoms with van der Waals surface area (Å²) in [6.07, 6.45) is 0.793. The molecule has 1 aromatic rings. The molecule has 0 radical (unpaired) electrons. The molecule has 2 aliphatic rings. The number of fused-ring (bicyclic) bond motifs is 1. The van der Waals surface area contributed by atoms with Gasteiger partial charge in [-0.1, -0.05) is 0 Å².